The average Bonchev–Trinajstić information content (AvgIpc) is 2.41. The van der Waals surface area contributed by atoms with Crippen LogP contribution >= 0.6 is 27.5 Å². The monoisotopic (exact) mass is 342 g/mol. The van der Waals surface area contributed by atoms with E-state index in [-0.39, 0.29) is 5.82 Å². The van der Waals surface area contributed by atoms with Gasteiger partial charge in [0, 0.05) is 10.0 Å². The summed E-state index contributed by atoms with van der Waals surface area (Å²) in [7, 11) is 1.55. The van der Waals surface area contributed by atoms with Gasteiger partial charge in [0.15, 0.2) is 0 Å². The zero-order chi connectivity index (χ0) is 14.0. The Morgan fingerprint density at radius 2 is 1.95 bits per heavy atom. The Morgan fingerprint density at radius 3 is 2.58 bits per heavy atom. The normalized spacial score (nSPS) is 12.3. The second-order valence-electron chi connectivity index (χ2n) is 4.26. The average molecular weight is 344 g/mol. The summed E-state index contributed by atoms with van der Waals surface area (Å²) in [5, 5.41) is -0.456. The Bertz CT molecular complexity index is 601. The van der Waals surface area contributed by atoms with Crippen molar-refractivity contribution in [2.75, 3.05) is 7.11 Å². The molecule has 19 heavy (non-hydrogen) atoms. The highest BCUT2D eigenvalue weighted by molar-refractivity contribution is 9.10. The van der Waals surface area contributed by atoms with E-state index in [0.29, 0.717) is 11.3 Å². The number of aryl methyl sites for hydroxylation is 1. The van der Waals surface area contributed by atoms with Crippen LogP contribution in [-0.2, 0) is 0 Å². The molecule has 0 heterocycles. The molecule has 0 radical (unpaired) electrons. The lowest BCUT2D eigenvalue weighted by Crippen LogP contribution is -1.99. The fraction of sp³-hybridized carbons (Fsp3) is 0.200. The summed E-state index contributed by atoms with van der Waals surface area (Å²) < 4.78 is 19.6. The van der Waals surface area contributed by atoms with E-state index in [0.717, 1.165) is 15.6 Å². The Hall–Kier alpha value is -1.06. The van der Waals surface area contributed by atoms with Crippen molar-refractivity contribution < 1.29 is 9.13 Å². The maximum atomic E-state index is 13.4. The third-order valence-electron chi connectivity index (χ3n) is 2.95. The van der Waals surface area contributed by atoms with Gasteiger partial charge in [0.05, 0.1) is 12.5 Å². The predicted octanol–water partition coefficient (Wildman–Crippen LogP) is 5.23. The quantitative estimate of drug-likeness (QED) is 0.693. The molecule has 0 spiro atoms. The summed E-state index contributed by atoms with van der Waals surface area (Å²) in [6.45, 7) is 2.00. The molecule has 0 aliphatic carbocycles. The molecular weight excluding hydrogens is 331 g/mol. The second-order valence-corrected chi connectivity index (χ2v) is 5.55. The van der Waals surface area contributed by atoms with E-state index in [4.69, 9.17) is 16.3 Å². The SMILES string of the molecule is COc1ccc(F)cc1C(Cl)c1ccc(C)c(Br)c1. The van der Waals surface area contributed by atoms with Gasteiger partial charge >= 0.3 is 0 Å². The first kappa shape index (κ1) is 14.4. The maximum absolute atomic E-state index is 13.4. The summed E-state index contributed by atoms with van der Waals surface area (Å²) >= 11 is 9.92. The van der Waals surface area contributed by atoms with Crippen LogP contribution < -0.4 is 4.74 Å². The van der Waals surface area contributed by atoms with Gasteiger partial charge in [-0.2, -0.15) is 0 Å². The zero-order valence-electron chi connectivity index (χ0n) is 10.6. The second kappa shape index (κ2) is 5.93. The van der Waals surface area contributed by atoms with Gasteiger partial charge in [0.25, 0.3) is 0 Å². The van der Waals surface area contributed by atoms with Crippen LogP contribution in [0.5, 0.6) is 5.75 Å². The highest BCUT2D eigenvalue weighted by Crippen LogP contribution is 2.36. The largest absolute Gasteiger partial charge is 0.496 e. The van der Waals surface area contributed by atoms with Crippen molar-refractivity contribution in [1.29, 1.82) is 0 Å². The van der Waals surface area contributed by atoms with Crippen molar-refractivity contribution in [1.82, 2.24) is 0 Å². The molecule has 0 bridgehead atoms. The van der Waals surface area contributed by atoms with Crippen LogP contribution in [0.3, 0.4) is 0 Å². The van der Waals surface area contributed by atoms with Crippen LogP contribution in [0.1, 0.15) is 22.1 Å². The van der Waals surface area contributed by atoms with E-state index in [1.54, 1.807) is 13.2 Å². The molecule has 2 aromatic carbocycles. The van der Waals surface area contributed by atoms with Gasteiger partial charge < -0.3 is 4.74 Å². The van der Waals surface area contributed by atoms with Gasteiger partial charge in [0.2, 0.25) is 0 Å². The number of hydrogen-bond acceptors (Lipinski definition) is 1. The van der Waals surface area contributed by atoms with Gasteiger partial charge in [0.1, 0.15) is 11.6 Å². The lowest BCUT2D eigenvalue weighted by Gasteiger charge is -2.15. The fourth-order valence-electron chi connectivity index (χ4n) is 1.85. The van der Waals surface area contributed by atoms with Crippen molar-refractivity contribution in [3.8, 4) is 5.75 Å². The number of ether oxygens (including phenoxy) is 1. The minimum absolute atomic E-state index is 0.326. The van der Waals surface area contributed by atoms with Gasteiger partial charge in [-0.05, 0) is 42.3 Å². The molecule has 1 unspecified atom stereocenters. The number of hydrogen-bond donors (Lipinski definition) is 0. The third-order valence-corrected chi connectivity index (χ3v) is 4.29. The number of alkyl halides is 1. The molecule has 0 aliphatic rings. The van der Waals surface area contributed by atoms with Crippen molar-refractivity contribution in [2.24, 2.45) is 0 Å². The molecule has 0 aliphatic heterocycles. The fourth-order valence-corrected chi connectivity index (χ4v) is 2.55. The highest BCUT2D eigenvalue weighted by atomic mass is 79.9. The standard InChI is InChI=1S/C15H13BrClFO/c1-9-3-4-10(7-13(9)16)15(17)12-8-11(18)5-6-14(12)19-2/h3-8,15H,1-2H3. The molecule has 4 heteroatoms. The van der Waals surface area contributed by atoms with Crippen LogP contribution in [0.25, 0.3) is 0 Å². The lowest BCUT2D eigenvalue weighted by molar-refractivity contribution is 0.409. The Labute approximate surface area is 125 Å². The summed E-state index contributed by atoms with van der Waals surface area (Å²) in [5.41, 5.74) is 2.64. The highest BCUT2D eigenvalue weighted by Gasteiger charge is 2.17. The van der Waals surface area contributed by atoms with E-state index < -0.39 is 5.38 Å². The van der Waals surface area contributed by atoms with Gasteiger partial charge in [-0.25, -0.2) is 4.39 Å². The maximum Gasteiger partial charge on any atom is 0.124 e. The molecule has 1 nitrogen and oxygen atoms in total. The smallest absolute Gasteiger partial charge is 0.124 e. The molecule has 0 fully saturated rings. The van der Waals surface area contributed by atoms with E-state index >= 15 is 0 Å². The Kier molecular flexibility index (Phi) is 4.48. The van der Waals surface area contributed by atoms with Crippen molar-refractivity contribution in [2.45, 2.75) is 12.3 Å². The van der Waals surface area contributed by atoms with E-state index in [9.17, 15) is 4.39 Å². The van der Waals surface area contributed by atoms with Crippen molar-refractivity contribution in [3.05, 3.63) is 63.4 Å². The van der Waals surface area contributed by atoms with Gasteiger partial charge in [-0.1, -0.05) is 28.1 Å². The topological polar surface area (TPSA) is 9.23 Å². The first-order chi connectivity index (χ1) is 9.02. The van der Waals surface area contributed by atoms with Crippen LogP contribution in [0, 0.1) is 12.7 Å². The van der Waals surface area contributed by atoms with Crippen LogP contribution in [-0.4, -0.2) is 7.11 Å². The van der Waals surface area contributed by atoms with E-state index in [1.165, 1.54) is 12.1 Å². The molecule has 0 aromatic heterocycles. The number of rotatable bonds is 3. The van der Waals surface area contributed by atoms with E-state index in [1.807, 2.05) is 25.1 Å². The molecule has 0 saturated heterocycles. The molecule has 2 aromatic rings. The summed E-state index contributed by atoms with van der Waals surface area (Å²) in [6, 6.07) is 10.2. The summed E-state index contributed by atoms with van der Waals surface area (Å²) in [4.78, 5) is 0. The molecule has 0 saturated carbocycles. The Balaban J connectivity index is 2.45. The molecule has 0 N–H and O–H groups in total. The van der Waals surface area contributed by atoms with Gasteiger partial charge in [-0.15, -0.1) is 11.6 Å². The predicted molar refractivity (Wildman–Crippen MR) is 79.5 cm³/mol. The number of methoxy groups -OCH3 is 1. The van der Waals surface area contributed by atoms with Crippen molar-refractivity contribution in [3.63, 3.8) is 0 Å². The summed E-state index contributed by atoms with van der Waals surface area (Å²) in [6.07, 6.45) is 0. The molecule has 100 valence electrons. The molecular formula is C15H13BrClFO. The lowest BCUT2D eigenvalue weighted by atomic mass is 10.0. The third kappa shape index (κ3) is 3.10. The van der Waals surface area contributed by atoms with E-state index in [2.05, 4.69) is 15.9 Å². The van der Waals surface area contributed by atoms with Crippen LogP contribution in [0.4, 0.5) is 4.39 Å². The summed E-state index contributed by atoms with van der Waals surface area (Å²) in [5.74, 6) is 0.255. The minimum atomic E-state index is -0.456. The van der Waals surface area contributed by atoms with Gasteiger partial charge in [-0.3, -0.25) is 0 Å². The van der Waals surface area contributed by atoms with Crippen LogP contribution in [0.2, 0.25) is 0 Å². The van der Waals surface area contributed by atoms with Crippen molar-refractivity contribution >= 4 is 27.5 Å². The zero-order valence-corrected chi connectivity index (χ0v) is 12.9. The molecule has 2 rings (SSSR count). The minimum Gasteiger partial charge on any atom is -0.496 e. The molecule has 1 atom stereocenters. The number of halogens is 3. The first-order valence-corrected chi connectivity index (χ1v) is 6.99. The van der Waals surface area contributed by atoms with Crippen LogP contribution in [0.15, 0.2) is 40.9 Å². The number of benzene rings is 2. The first-order valence-electron chi connectivity index (χ1n) is 5.76. The Morgan fingerprint density at radius 1 is 1.21 bits per heavy atom. The molecule has 0 amide bonds.